The second kappa shape index (κ2) is 3.41. The molecular weight excluding hydrogens is 166 g/mol. The quantitative estimate of drug-likeness (QED) is 0.373. The van der Waals surface area contributed by atoms with Gasteiger partial charge in [-0.1, -0.05) is 0 Å². The second-order valence-corrected chi connectivity index (χ2v) is 3.02. The minimum Gasteiger partial charge on any atom is -0.241 e. The molecule has 0 unspecified atom stereocenters. The van der Waals surface area contributed by atoms with E-state index in [1.807, 2.05) is 0 Å². The molecule has 5 heteroatoms. The smallest absolute Gasteiger partial charge is 0.133 e. The third kappa shape index (κ3) is 1.46. The van der Waals surface area contributed by atoms with Gasteiger partial charge in [-0.15, -0.1) is 0 Å². The summed E-state index contributed by atoms with van der Waals surface area (Å²) in [6.07, 6.45) is 5.68. The number of hydrogen-bond acceptors (Lipinski definition) is 3. The molecule has 0 fully saturated rings. The summed E-state index contributed by atoms with van der Waals surface area (Å²) in [5.41, 5.74) is 10.4. The van der Waals surface area contributed by atoms with Crippen LogP contribution >= 0.6 is 0 Å². The summed E-state index contributed by atoms with van der Waals surface area (Å²) in [5, 5.41) is 3.55. The van der Waals surface area contributed by atoms with Crippen molar-refractivity contribution >= 4 is 5.82 Å². The summed E-state index contributed by atoms with van der Waals surface area (Å²) < 4.78 is 0. The molecule has 5 nitrogen and oxygen atoms in total. The Bertz CT molecular complexity index is 367. The Hall–Kier alpha value is -1.61. The van der Waals surface area contributed by atoms with E-state index in [4.69, 9.17) is 5.53 Å². The molecule has 0 N–H and O–H groups in total. The second-order valence-electron chi connectivity index (χ2n) is 3.02. The molecule has 1 aromatic rings. The van der Waals surface area contributed by atoms with Gasteiger partial charge in [0.1, 0.15) is 12.1 Å². The molecule has 0 radical (unpaired) electrons. The van der Waals surface area contributed by atoms with Crippen molar-refractivity contribution in [2.45, 2.75) is 25.7 Å². The molecule has 0 aliphatic heterocycles. The van der Waals surface area contributed by atoms with E-state index in [9.17, 15) is 0 Å². The van der Waals surface area contributed by atoms with Crippen LogP contribution in [0, 0.1) is 0 Å². The van der Waals surface area contributed by atoms with E-state index in [0.717, 1.165) is 30.5 Å². The highest BCUT2D eigenvalue weighted by Crippen LogP contribution is 2.25. The van der Waals surface area contributed by atoms with Crippen LogP contribution in [0.5, 0.6) is 0 Å². The van der Waals surface area contributed by atoms with E-state index in [0.29, 0.717) is 5.82 Å². The molecule has 66 valence electrons. The van der Waals surface area contributed by atoms with Gasteiger partial charge in [-0.05, 0) is 36.3 Å². The summed E-state index contributed by atoms with van der Waals surface area (Å²) in [6.45, 7) is 0. The molecule has 1 aliphatic rings. The number of aromatic nitrogens is 2. The highest BCUT2D eigenvalue weighted by atomic mass is 15.2. The molecule has 1 aliphatic carbocycles. The first-order valence-electron chi connectivity index (χ1n) is 4.29. The number of hydrogen-bond donors (Lipinski definition) is 0. The molecule has 0 amide bonds. The first kappa shape index (κ1) is 8.01. The lowest BCUT2D eigenvalue weighted by Crippen LogP contribution is -2.05. The molecule has 0 bridgehead atoms. The number of azide groups is 1. The van der Waals surface area contributed by atoms with E-state index in [1.54, 1.807) is 0 Å². The molecule has 0 saturated carbocycles. The van der Waals surface area contributed by atoms with Crippen LogP contribution in [0.25, 0.3) is 10.4 Å². The van der Waals surface area contributed by atoms with Crippen LogP contribution < -0.4 is 0 Å². The number of rotatable bonds is 1. The SMILES string of the molecule is [N-]=[N+]=Nc1ncnc2c1CCCC2. The van der Waals surface area contributed by atoms with Crippen LogP contribution in [0.1, 0.15) is 24.1 Å². The largest absolute Gasteiger partial charge is 0.241 e. The van der Waals surface area contributed by atoms with Crippen molar-refractivity contribution in [3.8, 4) is 0 Å². The van der Waals surface area contributed by atoms with Gasteiger partial charge in [-0.25, -0.2) is 9.97 Å². The van der Waals surface area contributed by atoms with E-state index in [2.05, 4.69) is 20.0 Å². The Morgan fingerprint density at radius 2 is 2.15 bits per heavy atom. The molecule has 0 aromatic carbocycles. The van der Waals surface area contributed by atoms with Gasteiger partial charge in [0.2, 0.25) is 0 Å². The number of fused-ring (bicyclic) bond motifs is 1. The first-order chi connectivity index (χ1) is 6.42. The van der Waals surface area contributed by atoms with Crippen LogP contribution in [0.15, 0.2) is 11.4 Å². The van der Waals surface area contributed by atoms with Gasteiger partial charge < -0.3 is 0 Å². The predicted molar refractivity (Wildman–Crippen MR) is 47.5 cm³/mol. The zero-order valence-electron chi connectivity index (χ0n) is 7.14. The van der Waals surface area contributed by atoms with Crippen LogP contribution in [-0.2, 0) is 12.8 Å². The van der Waals surface area contributed by atoms with Crippen LogP contribution in [-0.4, -0.2) is 9.97 Å². The summed E-state index contributed by atoms with van der Waals surface area (Å²) >= 11 is 0. The summed E-state index contributed by atoms with van der Waals surface area (Å²) in [6, 6.07) is 0. The summed E-state index contributed by atoms with van der Waals surface area (Å²) in [5.74, 6) is 0.507. The summed E-state index contributed by atoms with van der Waals surface area (Å²) in [7, 11) is 0. The standard InChI is InChI=1S/C8H9N5/c9-13-12-8-6-3-1-2-4-7(6)10-5-11-8/h5H,1-4H2. The number of nitrogens with zero attached hydrogens (tertiary/aromatic N) is 5. The molecule has 0 saturated heterocycles. The van der Waals surface area contributed by atoms with Crippen LogP contribution in [0.4, 0.5) is 5.82 Å². The molecular formula is C8H9N5. The first-order valence-corrected chi connectivity index (χ1v) is 4.29. The minimum absolute atomic E-state index is 0.507. The monoisotopic (exact) mass is 175 g/mol. The van der Waals surface area contributed by atoms with Gasteiger partial charge in [-0.2, -0.15) is 0 Å². The van der Waals surface area contributed by atoms with Gasteiger partial charge in [0, 0.05) is 16.2 Å². The summed E-state index contributed by atoms with van der Waals surface area (Å²) in [4.78, 5) is 10.9. The molecule has 0 spiro atoms. The van der Waals surface area contributed by atoms with E-state index in [1.165, 1.54) is 12.7 Å². The van der Waals surface area contributed by atoms with E-state index >= 15 is 0 Å². The Morgan fingerprint density at radius 3 is 3.00 bits per heavy atom. The van der Waals surface area contributed by atoms with Gasteiger partial charge in [0.15, 0.2) is 0 Å². The Kier molecular flexibility index (Phi) is 2.10. The van der Waals surface area contributed by atoms with Crippen molar-refractivity contribution < 1.29 is 0 Å². The van der Waals surface area contributed by atoms with Crippen molar-refractivity contribution in [1.82, 2.24) is 9.97 Å². The maximum absolute atomic E-state index is 8.32. The highest BCUT2D eigenvalue weighted by Gasteiger charge is 2.13. The fraction of sp³-hybridized carbons (Fsp3) is 0.500. The Labute approximate surface area is 75.5 Å². The van der Waals surface area contributed by atoms with Crippen molar-refractivity contribution in [2.75, 3.05) is 0 Å². The van der Waals surface area contributed by atoms with Crippen LogP contribution in [0.3, 0.4) is 0 Å². The fourth-order valence-electron chi connectivity index (χ4n) is 1.63. The third-order valence-corrected chi connectivity index (χ3v) is 2.24. The average molecular weight is 175 g/mol. The van der Waals surface area contributed by atoms with Crippen molar-refractivity contribution in [3.05, 3.63) is 28.0 Å². The maximum atomic E-state index is 8.32. The normalized spacial score (nSPS) is 14.5. The van der Waals surface area contributed by atoms with E-state index < -0.39 is 0 Å². The maximum Gasteiger partial charge on any atom is 0.133 e. The molecule has 2 rings (SSSR count). The lowest BCUT2D eigenvalue weighted by atomic mass is 9.97. The van der Waals surface area contributed by atoms with Crippen molar-refractivity contribution in [1.29, 1.82) is 0 Å². The molecule has 13 heavy (non-hydrogen) atoms. The Morgan fingerprint density at radius 1 is 1.31 bits per heavy atom. The fourth-order valence-corrected chi connectivity index (χ4v) is 1.63. The zero-order valence-corrected chi connectivity index (χ0v) is 7.14. The van der Waals surface area contributed by atoms with Crippen molar-refractivity contribution in [2.24, 2.45) is 5.11 Å². The molecule has 0 atom stereocenters. The highest BCUT2D eigenvalue weighted by molar-refractivity contribution is 5.41. The Balaban J connectivity index is 2.51. The van der Waals surface area contributed by atoms with Crippen LogP contribution in [0.2, 0.25) is 0 Å². The molecule has 1 heterocycles. The average Bonchev–Trinajstić information content (AvgIpc) is 2.19. The lowest BCUT2D eigenvalue weighted by molar-refractivity contribution is 0.663. The molecule has 1 aromatic heterocycles. The third-order valence-electron chi connectivity index (χ3n) is 2.24. The van der Waals surface area contributed by atoms with Gasteiger partial charge in [-0.3, -0.25) is 0 Å². The predicted octanol–water partition coefficient (Wildman–Crippen LogP) is 2.30. The number of aryl methyl sites for hydroxylation is 1. The van der Waals surface area contributed by atoms with Crippen molar-refractivity contribution in [3.63, 3.8) is 0 Å². The minimum atomic E-state index is 0.507. The lowest BCUT2D eigenvalue weighted by Gasteiger charge is -2.14. The van der Waals surface area contributed by atoms with Gasteiger partial charge in [0.05, 0.1) is 0 Å². The van der Waals surface area contributed by atoms with Gasteiger partial charge in [0.25, 0.3) is 0 Å². The van der Waals surface area contributed by atoms with E-state index in [-0.39, 0.29) is 0 Å². The zero-order chi connectivity index (χ0) is 9.10. The topological polar surface area (TPSA) is 74.5 Å². The van der Waals surface area contributed by atoms with Gasteiger partial charge >= 0.3 is 0 Å².